The van der Waals surface area contributed by atoms with E-state index in [1.807, 2.05) is 12.1 Å². The summed E-state index contributed by atoms with van der Waals surface area (Å²) in [5.41, 5.74) is 1.16. The molecule has 1 atom stereocenters. The van der Waals surface area contributed by atoms with Crippen LogP contribution in [-0.2, 0) is 9.53 Å². The molecular formula is C14H18BrNO3. The van der Waals surface area contributed by atoms with E-state index < -0.39 is 5.97 Å². The van der Waals surface area contributed by atoms with Gasteiger partial charge in [-0.15, -0.1) is 0 Å². The monoisotopic (exact) mass is 327 g/mol. The van der Waals surface area contributed by atoms with Gasteiger partial charge >= 0.3 is 5.97 Å². The van der Waals surface area contributed by atoms with Crippen LogP contribution in [0.1, 0.15) is 24.5 Å². The van der Waals surface area contributed by atoms with E-state index in [1.54, 1.807) is 0 Å². The molecule has 0 aliphatic carbocycles. The minimum atomic E-state index is -0.725. The van der Waals surface area contributed by atoms with Gasteiger partial charge in [0.05, 0.1) is 12.7 Å². The smallest absolute Gasteiger partial charge is 0.303 e. The molecule has 5 heteroatoms. The van der Waals surface area contributed by atoms with Crippen LogP contribution in [0.4, 0.5) is 0 Å². The van der Waals surface area contributed by atoms with Crippen LogP contribution < -0.4 is 0 Å². The minimum absolute atomic E-state index is 0.0797. The highest BCUT2D eigenvalue weighted by Crippen LogP contribution is 2.24. The quantitative estimate of drug-likeness (QED) is 0.903. The topological polar surface area (TPSA) is 49.8 Å². The van der Waals surface area contributed by atoms with Crippen molar-refractivity contribution in [2.75, 3.05) is 26.2 Å². The molecule has 1 aliphatic heterocycles. The van der Waals surface area contributed by atoms with Gasteiger partial charge in [0.15, 0.2) is 0 Å². The van der Waals surface area contributed by atoms with Gasteiger partial charge in [0, 0.05) is 24.0 Å². The fraction of sp³-hybridized carbons (Fsp3) is 0.500. The predicted octanol–water partition coefficient (Wildman–Crippen LogP) is 2.69. The van der Waals surface area contributed by atoms with E-state index in [1.165, 1.54) is 0 Å². The van der Waals surface area contributed by atoms with Gasteiger partial charge in [-0.1, -0.05) is 28.1 Å². The van der Waals surface area contributed by atoms with Crippen molar-refractivity contribution in [3.63, 3.8) is 0 Å². The largest absolute Gasteiger partial charge is 0.481 e. The van der Waals surface area contributed by atoms with Crippen molar-refractivity contribution >= 4 is 21.9 Å². The number of rotatable bonds is 5. The number of halogens is 1. The summed E-state index contributed by atoms with van der Waals surface area (Å²) < 4.78 is 6.85. The Morgan fingerprint density at radius 2 is 2.37 bits per heavy atom. The second-order valence-electron chi connectivity index (χ2n) is 4.71. The van der Waals surface area contributed by atoms with Gasteiger partial charge in [-0.2, -0.15) is 0 Å². The summed E-state index contributed by atoms with van der Waals surface area (Å²) in [5.74, 6) is -0.725. The molecule has 0 saturated carbocycles. The number of hydrogen-bond acceptors (Lipinski definition) is 3. The van der Waals surface area contributed by atoms with Crippen LogP contribution >= 0.6 is 15.9 Å². The van der Waals surface area contributed by atoms with Gasteiger partial charge in [-0.25, -0.2) is 0 Å². The minimum Gasteiger partial charge on any atom is -0.481 e. The maximum absolute atomic E-state index is 10.5. The Bertz CT molecular complexity index is 438. The van der Waals surface area contributed by atoms with E-state index >= 15 is 0 Å². The molecule has 1 heterocycles. The van der Waals surface area contributed by atoms with Gasteiger partial charge in [-0.05, 0) is 30.7 Å². The van der Waals surface area contributed by atoms with Crippen molar-refractivity contribution in [1.29, 1.82) is 0 Å². The molecule has 19 heavy (non-hydrogen) atoms. The fourth-order valence-corrected chi connectivity index (χ4v) is 2.68. The van der Waals surface area contributed by atoms with Crippen LogP contribution in [0.15, 0.2) is 28.7 Å². The van der Waals surface area contributed by atoms with Crippen molar-refractivity contribution in [3.8, 4) is 0 Å². The molecule has 2 rings (SSSR count). The molecule has 1 fully saturated rings. The Labute approximate surface area is 121 Å². The van der Waals surface area contributed by atoms with Crippen LogP contribution in [0.3, 0.4) is 0 Å². The SMILES string of the molecule is O=C(O)CCCN1CCO[C@H](c2cccc(Br)c2)C1. The summed E-state index contributed by atoms with van der Waals surface area (Å²) in [7, 11) is 0. The highest BCUT2D eigenvalue weighted by Gasteiger charge is 2.21. The standard InChI is InChI=1S/C14H18BrNO3/c15-12-4-1-3-11(9-12)13-10-16(7-8-19-13)6-2-5-14(17)18/h1,3-4,9,13H,2,5-8,10H2,(H,17,18)/t13-/m0/s1. The van der Waals surface area contributed by atoms with Crippen molar-refractivity contribution in [1.82, 2.24) is 4.90 Å². The number of aliphatic carboxylic acids is 1. The van der Waals surface area contributed by atoms with E-state index in [0.717, 1.165) is 29.7 Å². The summed E-state index contributed by atoms with van der Waals surface area (Å²) in [5, 5.41) is 8.66. The van der Waals surface area contributed by atoms with Gasteiger partial charge in [0.1, 0.15) is 0 Å². The average Bonchev–Trinajstić information content (AvgIpc) is 2.39. The maximum Gasteiger partial charge on any atom is 0.303 e. The lowest BCUT2D eigenvalue weighted by Gasteiger charge is -2.33. The van der Waals surface area contributed by atoms with E-state index in [0.29, 0.717) is 13.0 Å². The summed E-state index contributed by atoms with van der Waals surface area (Å²) >= 11 is 3.47. The molecule has 4 nitrogen and oxygen atoms in total. The van der Waals surface area contributed by atoms with Crippen molar-refractivity contribution in [3.05, 3.63) is 34.3 Å². The lowest BCUT2D eigenvalue weighted by Crippen LogP contribution is -2.39. The third-order valence-electron chi connectivity index (χ3n) is 3.24. The maximum atomic E-state index is 10.5. The number of hydrogen-bond donors (Lipinski definition) is 1. The Morgan fingerprint density at radius 3 is 3.11 bits per heavy atom. The fourth-order valence-electron chi connectivity index (χ4n) is 2.27. The molecule has 0 spiro atoms. The summed E-state index contributed by atoms with van der Waals surface area (Å²) in [4.78, 5) is 12.8. The zero-order chi connectivity index (χ0) is 13.7. The number of morpholine rings is 1. The Morgan fingerprint density at radius 1 is 1.53 bits per heavy atom. The highest BCUT2D eigenvalue weighted by atomic mass is 79.9. The molecule has 0 bridgehead atoms. The van der Waals surface area contributed by atoms with Crippen molar-refractivity contribution in [2.24, 2.45) is 0 Å². The van der Waals surface area contributed by atoms with Gasteiger partial charge < -0.3 is 9.84 Å². The summed E-state index contributed by atoms with van der Waals surface area (Å²) in [6.45, 7) is 3.23. The van der Waals surface area contributed by atoms with E-state index in [9.17, 15) is 4.79 Å². The summed E-state index contributed by atoms with van der Waals surface area (Å²) in [6, 6.07) is 8.14. The Hall–Kier alpha value is -0.910. The van der Waals surface area contributed by atoms with Crippen LogP contribution in [0.5, 0.6) is 0 Å². The van der Waals surface area contributed by atoms with Crippen LogP contribution in [0, 0.1) is 0 Å². The van der Waals surface area contributed by atoms with E-state index in [4.69, 9.17) is 9.84 Å². The third kappa shape index (κ3) is 4.60. The van der Waals surface area contributed by atoms with Gasteiger partial charge in [0.25, 0.3) is 0 Å². The average molecular weight is 328 g/mol. The lowest BCUT2D eigenvalue weighted by molar-refractivity contribution is -0.137. The van der Waals surface area contributed by atoms with E-state index in [-0.39, 0.29) is 12.5 Å². The van der Waals surface area contributed by atoms with Crippen molar-refractivity contribution in [2.45, 2.75) is 18.9 Å². The molecular weight excluding hydrogens is 310 g/mol. The van der Waals surface area contributed by atoms with Gasteiger partial charge in [-0.3, -0.25) is 9.69 Å². The highest BCUT2D eigenvalue weighted by molar-refractivity contribution is 9.10. The number of benzene rings is 1. The van der Waals surface area contributed by atoms with E-state index in [2.05, 4.69) is 33.0 Å². The number of carboxylic acid groups (broad SMARTS) is 1. The molecule has 0 unspecified atom stereocenters. The molecule has 0 radical (unpaired) electrons. The van der Waals surface area contributed by atoms with Crippen LogP contribution in [0.25, 0.3) is 0 Å². The molecule has 1 aromatic carbocycles. The van der Waals surface area contributed by atoms with Crippen LogP contribution in [-0.4, -0.2) is 42.2 Å². The zero-order valence-electron chi connectivity index (χ0n) is 10.7. The summed E-state index contributed by atoms with van der Waals surface area (Å²) in [6.07, 6.45) is 1.01. The van der Waals surface area contributed by atoms with Crippen LogP contribution in [0.2, 0.25) is 0 Å². The molecule has 1 aliphatic rings. The van der Waals surface area contributed by atoms with Gasteiger partial charge in [0.2, 0.25) is 0 Å². The zero-order valence-corrected chi connectivity index (χ0v) is 12.3. The first-order valence-electron chi connectivity index (χ1n) is 6.46. The normalized spacial score (nSPS) is 20.4. The second kappa shape index (κ2) is 7.03. The number of nitrogens with zero attached hydrogens (tertiary/aromatic N) is 1. The molecule has 1 saturated heterocycles. The predicted molar refractivity (Wildman–Crippen MR) is 76.1 cm³/mol. The Balaban J connectivity index is 1.88. The third-order valence-corrected chi connectivity index (χ3v) is 3.73. The second-order valence-corrected chi connectivity index (χ2v) is 5.63. The Kier molecular flexibility index (Phi) is 5.36. The lowest BCUT2D eigenvalue weighted by atomic mass is 10.1. The van der Waals surface area contributed by atoms with Crippen molar-refractivity contribution < 1.29 is 14.6 Å². The number of carbonyl (C=O) groups is 1. The first-order valence-corrected chi connectivity index (χ1v) is 7.25. The molecule has 0 aromatic heterocycles. The first kappa shape index (κ1) is 14.5. The molecule has 1 N–H and O–H groups in total. The molecule has 104 valence electrons. The molecule has 0 amide bonds. The number of ether oxygens (including phenoxy) is 1. The first-order chi connectivity index (χ1) is 9.15. The number of carboxylic acids is 1. The molecule has 1 aromatic rings.